The molecule has 3 aromatic rings. The average Bonchev–Trinajstić information content (AvgIpc) is 2.98. The third-order valence-corrected chi connectivity index (χ3v) is 6.03. The molecule has 0 heterocycles. The zero-order valence-corrected chi connectivity index (χ0v) is 23.6. The molecule has 0 aliphatic rings. The molecule has 0 aliphatic carbocycles. The van der Waals surface area contributed by atoms with Crippen LogP contribution < -0.4 is 15.6 Å². The van der Waals surface area contributed by atoms with Crippen LogP contribution in [0.1, 0.15) is 35.2 Å². The molecule has 1 amide bonds. The molecule has 2 atom stereocenters. The normalized spacial score (nSPS) is 12.3. The van der Waals surface area contributed by atoms with E-state index < -0.39 is 36.2 Å². The highest BCUT2D eigenvalue weighted by atomic mass is 19.4. The number of halogens is 4. The van der Waals surface area contributed by atoms with Crippen molar-refractivity contribution in [3.05, 3.63) is 114 Å². The Bertz CT molecular complexity index is 1340. The van der Waals surface area contributed by atoms with Gasteiger partial charge >= 0.3 is 12.3 Å². The summed E-state index contributed by atoms with van der Waals surface area (Å²) in [6.45, 7) is 6.21. The molecule has 2 unspecified atom stereocenters. The number of nitrogens with zero attached hydrogens (tertiary/aromatic N) is 1. The molecule has 3 rings (SSSR count). The third-order valence-electron chi connectivity index (χ3n) is 6.03. The van der Waals surface area contributed by atoms with Crippen LogP contribution in [-0.4, -0.2) is 47.5 Å². The van der Waals surface area contributed by atoms with Crippen molar-refractivity contribution >= 4 is 12.1 Å². The van der Waals surface area contributed by atoms with Gasteiger partial charge in [0.1, 0.15) is 42.9 Å². The van der Waals surface area contributed by atoms with Crippen molar-refractivity contribution in [2.45, 2.75) is 44.8 Å². The number of alkyl halides is 3. The number of carbonyl (C=O) groups excluding carboxylic acids is 2. The fourth-order valence-electron chi connectivity index (χ4n) is 3.79. The van der Waals surface area contributed by atoms with Crippen LogP contribution in [0.15, 0.2) is 85.5 Å². The molecule has 0 radical (unpaired) electrons. The van der Waals surface area contributed by atoms with Gasteiger partial charge < -0.3 is 35.1 Å². The van der Waals surface area contributed by atoms with E-state index in [4.69, 9.17) is 19.4 Å². The predicted octanol–water partition coefficient (Wildman–Crippen LogP) is 3.73. The van der Waals surface area contributed by atoms with E-state index >= 15 is 0 Å². The van der Waals surface area contributed by atoms with Crippen molar-refractivity contribution in [3.8, 4) is 5.75 Å². The SMILES string of the molecule is C=CCOc1cc(F)cc(C([NH3+])C(O)CN(Cc2cccc(CC)c2)C(=O)OCc2ccccc2)c1.O=C([O-])C(F)(F)F. The van der Waals surface area contributed by atoms with Gasteiger partial charge in [0.25, 0.3) is 0 Å². The van der Waals surface area contributed by atoms with Crippen molar-refractivity contribution in [1.29, 1.82) is 0 Å². The topological polar surface area (TPSA) is 127 Å². The number of aliphatic carboxylic acids is 1. The maximum Gasteiger partial charge on any atom is 0.430 e. The molecule has 232 valence electrons. The Morgan fingerprint density at radius 2 is 1.67 bits per heavy atom. The molecule has 0 saturated heterocycles. The van der Waals surface area contributed by atoms with Gasteiger partial charge in [-0.05, 0) is 35.2 Å². The van der Waals surface area contributed by atoms with E-state index in [2.05, 4.69) is 19.2 Å². The van der Waals surface area contributed by atoms with E-state index in [1.165, 1.54) is 17.0 Å². The summed E-state index contributed by atoms with van der Waals surface area (Å²) < 4.78 is 56.7. The highest BCUT2D eigenvalue weighted by Crippen LogP contribution is 2.23. The fourth-order valence-corrected chi connectivity index (χ4v) is 3.79. The minimum atomic E-state index is -5.19. The van der Waals surface area contributed by atoms with Crippen LogP contribution in [0.2, 0.25) is 0 Å². The fraction of sp³-hybridized carbons (Fsp3) is 0.290. The van der Waals surface area contributed by atoms with Gasteiger partial charge in [0.05, 0.1) is 6.54 Å². The quantitative estimate of drug-likeness (QED) is 0.239. The molecule has 0 aliphatic heterocycles. The molecule has 43 heavy (non-hydrogen) atoms. The summed E-state index contributed by atoms with van der Waals surface area (Å²) in [4.78, 5) is 23.3. The number of quaternary nitrogens is 1. The van der Waals surface area contributed by atoms with Gasteiger partial charge in [-0.1, -0.05) is 74.2 Å². The lowest BCUT2D eigenvalue weighted by Crippen LogP contribution is -2.61. The van der Waals surface area contributed by atoms with Gasteiger partial charge in [-0.3, -0.25) is 0 Å². The van der Waals surface area contributed by atoms with Crippen molar-refractivity contribution in [1.82, 2.24) is 4.90 Å². The Balaban J connectivity index is 0.000000821. The summed E-state index contributed by atoms with van der Waals surface area (Å²) in [5.74, 6) is -3.18. The van der Waals surface area contributed by atoms with Gasteiger partial charge in [-0.15, -0.1) is 0 Å². The molecule has 0 bridgehead atoms. The second kappa shape index (κ2) is 16.9. The zero-order valence-electron chi connectivity index (χ0n) is 23.6. The smallest absolute Gasteiger partial charge is 0.430 e. The molecular formula is C31H34F4N2O6. The van der Waals surface area contributed by atoms with Crippen molar-refractivity contribution in [2.75, 3.05) is 13.2 Å². The molecule has 3 aromatic carbocycles. The highest BCUT2D eigenvalue weighted by molar-refractivity contribution is 5.70. The van der Waals surface area contributed by atoms with Crippen LogP contribution in [0.25, 0.3) is 0 Å². The number of ether oxygens (including phenoxy) is 2. The number of amides is 1. The first-order valence-electron chi connectivity index (χ1n) is 13.2. The van der Waals surface area contributed by atoms with E-state index in [0.717, 1.165) is 23.1 Å². The predicted molar refractivity (Wildman–Crippen MR) is 148 cm³/mol. The lowest BCUT2D eigenvalue weighted by molar-refractivity contribution is -0.445. The molecule has 0 fully saturated rings. The van der Waals surface area contributed by atoms with Crippen LogP contribution in [0.5, 0.6) is 5.75 Å². The number of rotatable bonds is 12. The summed E-state index contributed by atoms with van der Waals surface area (Å²) >= 11 is 0. The van der Waals surface area contributed by atoms with Gasteiger partial charge in [-0.25, -0.2) is 9.18 Å². The van der Waals surface area contributed by atoms with Crippen LogP contribution in [-0.2, 0) is 29.1 Å². The van der Waals surface area contributed by atoms with Gasteiger partial charge in [0, 0.05) is 18.2 Å². The van der Waals surface area contributed by atoms with Crippen LogP contribution in [0.4, 0.5) is 22.4 Å². The second-order valence-corrected chi connectivity index (χ2v) is 9.37. The van der Waals surface area contributed by atoms with E-state index in [-0.39, 0.29) is 26.3 Å². The molecule has 0 spiro atoms. The Morgan fingerprint density at radius 1 is 1.05 bits per heavy atom. The molecule has 4 N–H and O–H groups in total. The Morgan fingerprint density at radius 3 is 2.28 bits per heavy atom. The van der Waals surface area contributed by atoms with E-state index in [1.807, 2.05) is 54.6 Å². The number of carbonyl (C=O) groups is 2. The number of carboxylic acids is 1. The lowest BCUT2D eigenvalue weighted by atomic mass is 10.0. The third kappa shape index (κ3) is 12.1. The number of carboxylic acid groups (broad SMARTS) is 1. The minimum Gasteiger partial charge on any atom is -0.542 e. The molecule has 8 nitrogen and oxygen atoms in total. The molecule has 0 aromatic heterocycles. The van der Waals surface area contributed by atoms with Gasteiger partial charge in [0.15, 0.2) is 0 Å². The van der Waals surface area contributed by atoms with Crippen molar-refractivity contribution in [3.63, 3.8) is 0 Å². The van der Waals surface area contributed by atoms with E-state index in [0.29, 0.717) is 11.3 Å². The number of hydrogen-bond donors (Lipinski definition) is 2. The lowest BCUT2D eigenvalue weighted by Gasteiger charge is -2.27. The van der Waals surface area contributed by atoms with E-state index in [9.17, 15) is 27.5 Å². The Hall–Kier alpha value is -4.42. The van der Waals surface area contributed by atoms with Crippen LogP contribution >= 0.6 is 0 Å². The first-order chi connectivity index (χ1) is 20.3. The van der Waals surface area contributed by atoms with E-state index in [1.54, 1.807) is 12.1 Å². The first kappa shape index (κ1) is 34.8. The number of benzene rings is 3. The molecule has 12 heteroatoms. The monoisotopic (exact) mass is 606 g/mol. The first-order valence-corrected chi connectivity index (χ1v) is 13.2. The minimum absolute atomic E-state index is 0.0441. The summed E-state index contributed by atoms with van der Waals surface area (Å²) in [5.41, 5.74) is 7.43. The van der Waals surface area contributed by atoms with Gasteiger partial charge in [0.2, 0.25) is 0 Å². The Kier molecular flexibility index (Phi) is 13.7. The number of hydrogen-bond acceptors (Lipinski definition) is 6. The molecular weight excluding hydrogens is 572 g/mol. The summed E-state index contributed by atoms with van der Waals surface area (Å²) in [5, 5.41) is 19.8. The Labute approximate surface area is 247 Å². The average molecular weight is 607 g/mol. The van der Waals surface area contributed by atoms with Gasteiger partial charge in [-0.2, -0.15) is 13.2 Å². The summed E-state index contributed by atoms with van der Waals surface area (Å²) in [6, 6.07) is 20.8. The highest BCUT2D eigenvalue weighted by Gasteiger charge is 2.29. The largest absolute Gasteiger partial charge is 0.542 e. The van der Waals surface area contributed by atoms with Crippen molar-refractivity contribution in [2.24, 2.45) is 0 Å². The zero-order chi connectivity index (χ0) is 32.0. The molecule has 0 saturated carbocycles. The number of aryl methyl sites for hydroxylation is 1. The van der Waals surface area contributed by atoms with Crippen molar-refractivity contribution < 1.29 is 52.6 Å². The second-order valence-electron chi connectivity index (χ2n) is 9.37. The maximum atomic E-state index is 14.2. The number of aliphatic hydroxyl groups is 1. The number of aliphatic hydroxyl groups excluding tert-OH is 1. The summed E-state index contributed by atoms with van der Waals surface area (Å²) in [6.07, 6.45) is -4.39. The van der Waals surface area contributed by atoms with Crippen LogP contribution in [0.3, 0.4) is 0 Å². The van der Waals surface area contributed by atoms with Crippen LogP contribution in [0, 0.1) is 5.82 Å². The maximum absolute atomic E-state index is 14.2. The standard InChI is InChI=1S/C29H33FN2O4.C2HF3O2/c1-3-13-35-26-16-24(15-25(30)17-26)28(31)27(33)19-32(18-23-12-8-11-21(4-2)14-23)29(34)36-20-22-9-6-5-7-10-22;3-2(4,5)1(6)7/h3,5-12,14-17,27-28,33H,1,4,13,18-20,31H2,2H3;(H,6,7). The summed E-state index contributed by atoms with van der Waals surface area (Å²) in [7, 11) is 0.